The van der Waals surface area contributed by atoms with E-state index in [4.69, 9.17) is 15.0 Å². The Morgan fingerprint density at radius 3 is 1.33 bits per heavy atom. The van der Waals surface area contributed by atoms with Gasteiger partial charge in [-0.15, -0.1) is 0 Å². The standard InChI is InChI=1S/C54H37F3N4/c1-34-13-9-11-19-43(34)39-23-28-46-47-29-24-40(44-20-12-10-14-35(44)2)32-50(47)61(49(46)31-39)42-27-30-45(36-21-25-41(26-22-36)54(55,56)57)48(33-42)53-59-51(37-15-5-3-6-16-37)58-52(60-53)38-17-7-4-8-18-38/h3-33H,1-2H3. The topological polar surface area (TPSA) is 43.6 Å². The first-order valence-electron chi connectivity index (χ1n) is 20.1. The summed E-state index contributed by atoms with van der Waals surface area (Å²) in [4.78, 5) is 15.1. The van der Waals surface area contributed by atoms with E-state index in [1.54, 1.807) is 0 Å². The van der Waals surface area contributed by atoms with Gasteiger partial charge in [-0.3, -0.25) is 0 Å². The van der Waals surface area contributed by atoms with E-state index in [1.807, 2.05) is 72.8 Å². The van der Waals surface area contributed by atoms with Gasteiger partial charge in [0, 0.05) is 33.2 Å². The number of alkyl halides is 3. The zero-order valence-corrected chi connectivity index (χ0v) is 33.3. The Labute approximate surface area is 351 Å². The maximum atomic E-state index is 13.8. The average molecular weight is 799 g/mol. The summed E-state index contributed by atoms with van der Waals surface area (Å²) >= 11 is 0. The highest BCUT2D eigenvalue weighted by atomic mass is 19.4. The minimum absolute atomic E-state index is 0.395. The van der Waals surface area contributed by atoms with Crippen molar-refractivity contribution in [2.45, 2.75) is 20.0 Å². The Kier molecular flexibility index (Phi) is 9.37. The number of aryl methyl sites for hydroxylation is 2. The Hall–Kier alpha value is -7.64. The molecule has 0 aliphatic carbocycles. The Morgan fingerprint density at radius 2 is 0.836 bits per heavy atom. The molecule has 0 saturated heterocycles. The largest absolute Gasteiger partial charge is 0.416 e. The number of rotatable bonds is 7. The molecule has 8 aromatic carbocycles. The molecule has 0 spiro atoms. The van der Waals surface area contributed by atoms with E-state index >= 15 is 0 Å². The lowest BCUT2D eigenvalue weighted by Crippen LogP contribution is -2.04. The van der Waals surface area contributed by atoms with Crippen LogP contribution in [0.2, 0.25) is 0 Å². The van der Waals surface area contributed by atoms with E-state index in [0.717, 1.165) is 73.0 Å². The maximum Gasteiger partial charge on any atom is 0.416 e. The number of hydrogen-bond donors (Lipinski definition) is 0. The molecule has 2 heterocycles. The van der Waals surface area contributed by atoms with Crippen LogP contribution in [0.15, 0.2) is 188 Å². The molecule has 2 aromatic heterocycles. The van der Waals surface area contributed by atoms with Gasteiger partial charge >= 0.3 is 6.18 Å². The van der Waals surface area contributed by atoms with Crippen molar-refractivity contribution in [3.63, 3.8) is 0 Å². The van der Waals surface area contributed by atoms with Crippen molar-refractivity contribution in [1.82, 2.24) is 19.5 Å². The van der Waals surface area contributed by atoms with Gasteiger partial charge in [0.15, 0.2) is 17.5 Å². The molecule has 7 heteroatoms. The lowest BCUT2D eigenvalue weighted by Gasteiger charge is -2.16. The van der Waals surface area contributed by atoms with Gasteiger partial charge in [0.2, 0.25) is 0 Å². The minimum atomic E-state index is -4.47. The molecule has 0 unspecified atom stereocenters. The van der Waals surface area contributed by atoms with Gasteiger partial charge in [0.1, 0.15) is 0 Å². The molecular formula is C54H37F3N4. The highest BCUT2D eigenvalue weighted by Crippen LogP contribution is 2.41. The Balaban J connectivity index is 1.27. The number of halogens is 3. The van der Waals surface area contributed by atoms with E-state index in [2.05, 4.69) is 109 Å². The second-order valence-electron chi connectivity index (χ2n) is 15.3. The summed E-state index contributed by atoms with van der Waals surface area (Å²) in [7, 11) is 0. The molecule has 294 valence electrons. The molecule has 0 atom stereocenters. The first-order chi connectivity index (χ1) is 29.7. The van der Waals surface area contributed by atoms with Crippen molar-refractivity contribution in [2.24, 2.45) is 0 Å². The van der Waals surface area contributed by atoms with Crippen LogP contribution in [-0.4, -0.2) is 19.5 Å². The van der Waals surface area contributed by atoms with Crippen molar-refractivity contribution < 1.29 is 13.2 Å². The van der Waals surface area contributed by atoms with Crippen molar-refractivity contribution in [2.75, 3.05) is 0 Å². The molecule has 0 fully saturated rings. The predicted octanol–water partition coefficient (Wildman–Crippen LogP) is 14.6. The molecular weight excluding hydrogens is 762 g/mol. The van der Waals surface area contributed by atoms with Crippen molar-refractivity contribution in [1.29, 1.82) is 0 Å². The second kappa shape index (κ2) is 15.2. The van der Waals surface area contributed by atoms with Gasteiger partial charge in [-0.1, -0.05) is 152 Å². The second-order valence-corrected chi connectivity index (χ2v) is 15.3. The fraction of sp³-hybridized carbons (Fsp3) is 0.0556. The van der Waals surface area contributed by atoms with Gasteiger partial charge in [-0.2, -0.15) is 13.2 Å². The summed E-state index contributed by atoms with van der Waals surface area (Å²) in [6.45, 7) is 4.25. The molecule has 10 aromatic rings. The fourth-order valence-corrected chi connectivity index (χ4v) is 8.30. The predicted molar refractivity (Wildman–Crippen MR) is 241 cm³/mol. The lowest BCUT2D eigenvalue weighted by atomic mass is 9.97. The van der Waals surface area contributed by atoms with Crippen molar-refractivity contribution >= 4 is 21.8 Å². The highest BCUT2D eigenvalue weighted by Gasteiger charge is 2.30. The van der Waals surface area contributed by atoms with Crippen LogP contribution in [0.4, 0.5) is 13.2 Å². The molecule has 0 N–H and O–H groups in total. The Morgan fingerprint density at radius 1 is 0.377 bits per heavy atom. The number of nitrogens with zero attached hydrogens (tertiary/aromatic N) is 4. The molecule has 0 radical (unpaired) electrons. The van der Waals surface area contributed by atoms with Crippen LogP contribution in [0, 0.1) is 13.8 Å². The number of benzene rings is 8. The van der Waals surface area contributed by atoms with Crippen molar-refractivity contribution in [3.8, 4) is 73.2 Å². The monoisotopic (exact) mass is 798 g/mol. The third kappa shape index (κ3) is 7.04. The summed E-state index contributed by atoms with van der Waals surface area (Å²) in [5.41, 5.74) is 12.5. The van der Waals surface area contributed by atoms with Crippen LogP contribution < -0.4 is 0 Å². The molecule has 0 amide bonds. The van der Waals surface area contributed by atoms with E-state index in [1.165, 1.54) is 23.3 Å². The van der Waals surface area contributed by atoms with Gasteiger partial charge in [0.25, 0.3) is 0 Å². The van der Waals surface area contributed by atoms with Crippen LogP contribution in [-0.2, 0) is 6.18 Å². The smallest absolute Gasteiger partial charge is 0.309 e. The molecule has 0 aliphatic heterocycles. The average Bonchev–Trinajstić information content (AvgIpc) is 3.62. The summed E-state index contributed by atoms with van der Waals surface area (Å²) in [6.07, 6.45) is -4.47. The normalized spacial score (nSPS) is 11.7. The molecule has 0 aliphatic rings. The quantitative estimate of drug-likeness (QED) is 0.161. The Bertz CT molecular complexity index is 3080. The number of aromatic nitrogens is 4. The van der Waals surface area contributed by atoms with E-state index in [-0.39, 0.29) is 0 Å². The molecule has 4 nitrogen and oxygen atoms in total. The van der Waals surface area contributed by atoms with Gasteiger partial charge < -0.3 is 4.57 Å². The van der Waals surface area contributed by atoms with E-state index < -0.39 is 11.7 Å². The first kappa shape index (κ1) is 37.6. The molecule has 10 rings (SSSR count). The fourth-order valence-electron chi connectivity index (χ4n) is 8.30. The highest BCUT2D eigenvalue weighted by molar-refractivity contribution is 6.11. The summed E-state index contributed by atoms with van der Waals surface area (Å²) in [5, 5.41) is 2.19. The van der Waals surface area contributed by atoms with Crippen LogP contribution in [0.25, 0.3) is 95.0 Å². The van der Waals surface area contributed by atoms with Crippen LogP contribution >= 0.6 is 0 Å². The summed E-state index contributed by atoms with van der Waals surface area (Å²) in [5.74, 6) is 1.36. The third-order valence-corrected chi connectivity index (χ3v) is 11.4. The van der Waals surface area contributed by atoms with Crippen LogP contribution in [0.3, 0.4) is 0 Å². The van der Waals surface area contributed by atoms with E-state index in [0.29, 0.717) is 34.2 Å². The zero-order valence-electron chi connectivity index (χ0n) is 33.3. The lowest BCUT2D eigenvalue weighted by molar-refractivity contribution is -0.137. The number of fused-ring (bicyclic) bond motifs is 3. The van der Waals surface area contributed by atoms with Gasteiger partial charge in [-0.05, 0) is 94.8 Å². The first-order valence-corrected chi connectivity index (χ1v) is 20.1. The molecule has 0 saturated carbocycles. The molecule has 61 heavy (non-hydrogen) atoms. The zero-order chi connectivity index (χ0) is 41.7. The molecule has 0 bridgehead atoms. The minimum Gasteiger partial charge on any atom is -0.309 e. The number of hydrogen-bond acceptors (Lipinski definition) is 3. The van der Waals surface area contributed by atoms with E-state index in [9.17, 15) is 13.2 Å². The maximum absolute atomic E-state index is 13.8. The summed E-state index contributed by atoms with van der Waals surface area (Å²) in [6, 6.07) is 60.8. The van der Waals surface area contributed by atoms with Gasteiger partial charge in [-0.25, -0.2) is 15.0 Å². The SMILES string of the molecule is Cc1ccccc1-c1ccc2c3ccc(-c4ccccc4C)cc3n(-c3ccc(-c4ccc(C(F)(F)F)cc4)c(-c4nc(-c5ccccc5)nc(-c5ccccc5)n4)c3)c2c1. The van der Waals surface area contributed by atoms with Crippen molar-refractivity contribution in [3.05, 3.63) is 205 Å². The van der Waals surface area contributed by atoms with Gasteiger partial charge in [0.05, 0.1) is 16.6 Å². The third-order valence-electron chi connectivity index (χ3n) is 11.4. The summed E-state index contributed by atoms with van der Waals surface area (Å²) < 4.78 is 43.8. The van der Waals surface area contributed by atoms with Crippen LogP contribution in [0.5, 0.6) is 0 Å². The van der Waals surface area contributed by atoms with Crippen LogP contribution in [0.1, 0.15) is 16.7 Å².